The highest BCUT2D eigenvalue weighted by Crippen LogP contribution is 2.28. The van der Waals surface area contributed by atoms with Crippen LogP contribution in [0.3, 0.4) is 0 Å². The number of carboxylic acid groups (broad SMARTS) is 1. The maximum atomic E-state index is 12.2. The van der Waals surface area contributed by atoms with E-state index in [9.17, 15) is 19.7 Å². The third-order valence-corrected chi connectivity index (χ3v) is 2.89. The zero-order chi connectivity index (χ0) is 16.0. The molecule has 1 N–H and O–H groups in total. The predicted molar refractivity (Wildman–Crippen MR) is 73.5 cm³/mol. The van der Waals surface area contributed by atoms with Crippen molar-refractivity contribution in [3.05, 3.63) is 33.9 Å². The Balaban J connectivity index is 3.00. The second kappa shape index (κ2) is 7.22. The highest BCUT2D eigenvalue weighted by molar-refractivity contribution is 5.95. The van der Waals surface area contributed by atoms with Crippen molar-refractivity contribution in [2.75, 3.05) is 20.2 Å². The number of rotatable bonds is 7. The van der Waals surface area contributed by atoms with Gasteiger partial charge in [0.2, 0.25) is 0 Å². The molecular formula is C13H16N2O6. The van der Waals surface area contributed by atoms with E-state index in [-0.39, 0.29) is 30.0 Å². The van der Waals surface area contributed by atoms with Crippen molar-refractivity contribution in [2.24, 2.45) is 0 Å². The zero-order valence-corrected chi connectivity index (χ0v) is 11.7. The Bertz CT molecular complexity index is 558. The number of benzene rings is 1. The minimum absolute atomic E-state index is 0.0138. The molecule has 0 unspecified atom stereocenters. The summed E-state index contributed by atoms with van der Waals surface area (Å²) >= 11 is 0. The van der Waals surface area contributed by atoms with Crippen molar-refractivity contribution in [3.63, 3.8) is 0 Å². The monoisotopic (exact) mass is 296 g/mol. The van der Waals surface area contributed by atoms with Crippen molar-refractivity contribution < 1.29 is 24.4 Å². The second-order valence-corrected chi connectivity index (χ2v) is 4.17. The standard InChI is InChI=1S/C13H16N2O6/c1-3-14(7-6-12(16)17)13(18)9-4-5-10(15(19)20)11(8-9)21-2/h4-5,8H,3,6-7H2,1-2H3,(H,16,17). The highest BCUT2D eigenvalue weighted by Gasteiger charge is 2.20. The molecule has 8 nitrogen and oxygen atoms in total. The van der Waals surface area contributed by atoms with Crippen molar-refractivity contribution >= 4 is 17.6 Å². The molecule has 0 saturated heterocycles. The first-order valence-corrected chi connectivity index (χ1v) is 6.24. The van der Waals surface area contributed by atoms with E-state index in [1.54, 1.807) is 6.92 Å². The molecule has 0 atom stereocenters. The molecule has 8 heteroatoms. The van der Waals surface area contributed by atoms with Gasteiger partial charge in [-0.15, -0.1) is 0 Å². The van der Waals surface area contributed by atoms with Crippen LogP contribution in [0.2, 0.25) is 0 Å². The molecule has 0 heterocycles. The van der Waals surface area contributed by atoms with E-state index in [4.69, 9.17) is 9.84 Å². The van der Waals surface area contributed by atoms with E-state index in [2.05, 4.69) is 0 Å². The van der Waals surface area contributed by atoms with Crippen molar-refractivity contribution in [3.8, 4) is 5.75 Å². The molecule has 1 aromatic rings. The lowest BCUT2D eigenvalue weighted by Crippen LogP contribution is -2.32. The Kier molecular flexibility index (Phi) is 5.65. The van der Waals surface area contributed by atoms with E-state index in [0.29, 0.717) is 6.54 Å². The number of methoxy groups -OCH3 is 1. The summed E-state index contributed by atoms with van der Waals surface area (Å²) in [6, 6.07) is 3.80. The molecule has 0 radical (unpaired) electrons. The molecule has 0 aliphatic heterocycles. The fraction of sp³-hybridized carbons (Fsp3) is 0.385. The van der Waals surface area contributed by atoms with Gasteiger partial charge in [0.25, 0.3) is 5.91 Å². The SMILES string of the molecule is CCN(CCC(=O)O)C(=O)c1ccc([N+](=O)[O-])c(OC)c1. The Labute approximate surface area is 121 Å². The number of nitro groups is 1. The first kappa shape index (κ1) is 16.4. The predicted octanol–water partition coefficient (Wildman–Crippen LogP) is 1.54. The van der Waals surface area contributed by atoms with Crippen LogP contribution >= 0.6 is 0 Å². The fourth-order valence-corrected chi connectivity index (χ4v) is 1.78. The van der Waals surface area contributed by atoms with Crippen molar-refractivity contribution in [1.29, 1.82) is 0 Å². The molecule has 114 valence electrons. The van der Waals surface area contributed by atoms with Gasteiger partial charge in [-0.05, 0) is 13.0 Å². The van der Waals surface area contributed by atoms with Crippen LogP contribution in [-0.4, -0.2) is 47.0 Å². The van der Waals surface area contributed by atoms with Gasteiger partial charge in [-0.3, -0.25) is 19.7 Å². The van der Waals surface area contributed by atoms with Crippen LogP contribution in [0.25, 0.3) is 0 Å². The number of carboxylic acids is 1. The van der Waals surface area contributed by atoms with Crippen LogP contribution in [0.1, 0.15) is 23.7 Å². The summed E-state index contributed by atoms with van der Waals surface area (Å²) in [7, 11) is 1.28. The number of nitrogens with zero attached hydrogens (tertiary/aromatic N) is 2. The molecule has 0 saturated carbocycles. The van der Waals surface area contributed by atoms with Crippen LogP contribution in [0, 0.1) is 10.1 Å². The highest BCUT2D eigenvalue weighted by atomic mass is 16.6. The quantitative estimate of drug-likeness (QED) is 0.603. The smallest absolute Gasteiger partial charge is 0.310 e. The normalized spacial score (nSPS) is 10.0. The average Bonchev–Trinajstić information content (AvgIpc) is 2.46. The van der Waals surface area contributed by atoms with Gasteiger partial charge < -0.3 is 14.7 Å². The molecule has 1 amide bonds. The number of amides is 1. The van der Waals surface area contributed by atoms with Crippen LogP contribution in [0.15, 0.2) is 18.2 Å². The molecule has 1 rings (SSSR count). The number of carbonyl (C=O) groups excluding carboxylic acids is 1. The number of nitro benzene ring substituents is 1. The van der Waals surface area contributed by atoms with Gasteiger partial charge >= 0.3 is 11.7 Å². The maximum Gasteiger partial charge on any atom is 0.310 e. The Hall–Kier alpha value is -2.64. The molecule has 0 spiro atoms. The van der Waals surface area contributed by atoms with E-state index in [0.717, 1.165) is 0 Å². The summed E-state index contributed by atoms with van der Waals surface area (Å²) < 4.78 is 4.90. The molecule has 0 fully saturated rings. The maximum absolute atomic E-state index is 12.2. The second-order valence-electron chi connectivity index (χ2n) is 4.17. The largest absolute Gasteiger partial charge is 0.490 e. The van der Waals surface area contributed by atoms with Crippen LogP contribution in [-0.2, 0) is 4.79 Å². The summed E-state index contributed by atoms with van der Waals surface area (Å²) in [6.45, 7) is 2.14. The average molecular weight is 296 g/mol. The molecule has 0 bridgehead atoms. The minimum Gasteiger partial charge on any atom is -0.490 e. The van der Waals surface area contributed by atoms with Crippen LogP contribution in [0.4, 0.5) is 5.69 Å². The van der Waals surface area contributed by atoms with Gasteiger partial charge in [-0.1, -0.05) is 0 Å². The Morgan fingerprint density at radius 3 is 2.57 bits per heavy atom. The van der Waals surface area contributed by atoms with Gasteiger partial charge in [0.05, 0.1) is 18.5 Å². The summed E-state index contributed by atoms with van der Waals surface area (Å²) in [6.07, 6.45) is -0.163. The van der Waals surface area contributed by atoms with Gasteiger partial charge in [-0.25, -0.2) is 0 Å². The van der Waals surface area contributed by atoms with E-state index in [1.807, 2.05) is 0 Å². The topological polar surface area (TPSA) is 110 Å². The van der Waals surface area contributed by atoms with Gasteiger partial charge in [0.15, 0.2) is 5.75 Å². The summed E-state index contributed by atoms with van der Waals surface area (Å²) in [4.78, 5) is 34.4. The summed E-state index contributed by atoms with van der Waals surface area (Å²) in [5.74, 6) is -1.41. The lowest BCUT2D eigenvalue weighted by molar-refractivity contribution is -0.385. The number of carbonyl (C=O) groups is 2. The molecular weight excluding hydrogens is 280 g/mol. The number of ether oxygens (including phenoxy) is 1. The van der Waals surface area contributed by atoms with Gasteiger partial charge in [0, 0.05) is 30.8 Å². The third-order valence-electron chi connectivity index (χ3n) is 2.89. The fourth-order valence-electron chi connectivity index (χ4n) is 1.78. The molecule has 0 aliphatic carbocycles. The van der Waals surface area contributed by atoms with Crippen LogP contribution in [0.5, 0.6) is 5.75 Å². The van der Waals surface area contributed by atoms with Gasteiger partial charge in [-0.2, -0.15) is 0 Å². The van der Waals surface area contributed by atoms with E-state index >= 15 is 0 Å². The van der Waals surface area contributed by atoms with Crippen molar-refractivity contribution in [2.45, 2.75) is 13.3 Å². The van der Waals surface area contributed by atoms with Crippen LogP contribution < -0.4 is 4.74 Å². The Morgan fingerprint density at radius 2 is 2.10 bits per heavy atom. The lowest BCUT2D eigenvalue weighted by Gasteiger charge is -2.20. The minimum atomic E-state index is -0.998. The molecule has 1 aromatic carbocycles. The summed E-state index contributed by atoms with van der Waals surface area (Å²) in [5.41, 5.74) is -0.0210. The summed E-state index contributed by atoms with van der Waals surface area (Å²) in [5, 5.41) is 19.5. The first-order chi connectivity index (χ1) is 9.90. The van der Waals surface area contributed by atoms with E-state index < -0.39 is 16.8 Å². The third kappa shape index (κ3) is 4.16. The Morgan fingerprint density at radius 1 is 1.43 bits per heavy atom. The van der Waals surface area contributed by atoms with Crippen molar-refractivity contribution in [1.82, 2.24) is 4.90 Å². The zero-order valence-electron chi connectivity index (χ0n) is 11.7. The number of hydrogen-bond acceptors (Lipinski definition) is 5. The van der Waals surface area contributed by atoms with Gasteiger partial charge in [0.1, 0.15) is 0 Å². The lowest BCUT2D eigenvalue weighted by atomic mass is 10.1. The number of aliphatic carboxylic acids is 1. The number of hydrogen-bond donors (Lipinski definition) is 1. The molecule has 21 heavy (non-hydrogen) atoms. The molecule has 0 aromatic heterocycles. The van der Waals surface area contributed by atoms with E-state index in [1.165, 1.54) is 30.2 Å². The first-order valence-electron chi connectivity index (χ1n) is 6.24. The molecule has 0 aliphatic rings.